The number of aliphatic hydroxyl groups excluding tert-OH is 2. The van der Waals surface area contributed by atoms with Gasteiger partial charge in [-0.05, 0) is 25.2 Å². The number of hydrogen-bond acceptors (Lipinski definition) is 10. The van der Waals surface area contributed by atoms with Crippen molar-refractivity contribution in [3.63, 3.8) is 0 Å². The molecule has 0 radical (unpaired) electrons. The number of hydrogen-bond donors (Lipinski definition) is 4. The second kappa shape index (κ2) is 9.31. The minimum atomic E-state index is -1.09. The zero-order valence-corrected chi connectivity index (χ0v) is 18.7. The van der Waals surface area contributed by atoms with Gasteiger partial charge in [-0.25, -0.2) is 19.7 Å². The van der Waals surface area contributed by atoms with Gasteiger partial charge in [0.25, 0.3) is 0 Å². The number of nitrogens with two attached hydrogens (primary N) is 1. The van der Waals surface area contributed by atoms with Crippen LogP contribution in [-0.4, -0.2) is 91.2 Å². The van der Waals surface area contributed by atoms with Crippen molar-refractivity contribution in [3.05, 3.63) is 12.2 Å². The zero-order valence-electron chi connectivity index (χ0n) is 18.7. The molecule has 2 aromatic heterocycles. The van der Waals surface area contributed by atoms with E-state index in [0.29, 0.717) is 49.3 Å². The van der Waals surface area contributed by atoms with Gasteiger partial charge in [0.05, 0.1) is 19.0 Å². The predicted molar refractivity (Wildman–Crippen MR) is 117 cm³/mol. The lowest BCUT2D eigenvalue weighted by Gasteiger charge is -2.31. The Kier molecular flexibility index (Phi) is 6.23. The normalized spacial score (nSPS) is 27.9. The molecule has 2 aromatic rings. The summed E-state index contributed by atoms with van der Waals surface area (Å²) in [6, 6.07) is -0.0982. The molecule has 0 saturated carbocycles. The average molecular weight is 476 g/mol. The predicted octanol–water partition coefficient (Wildman–Crippen LogP) is -0.671. The number of piperidine rings is 1. The van der Waals surface area contributed by atoms with Crippen LogP contribution in [0.15, 0.2) is 6.33 Å². The molecule has 3 aliphatic rings. The number of likely N-dealkylation sites (tertiary alicyclic amines) is 1. The van der Waals surface area contributed by atoms with Gasteiger partial charge < -0.3 is 35.6 Å². The third-order valence-electron chi connectivity index (χ3n) is 6.73. The van der Waals surface area contributed by atoms with Gasteiger partial charge in [-0.3, -0.25) is 9.36 Å². The van der Waals surface area contributed by atoms with Gasteiger partial charge in [0, 0.05) is 25.9 Å². The number of carbonyl (C=O) groups is 2. The molecule has 3 saturated heterocycles. The summed E-state index contributed by atoms with van der Waals surface area (Å²) in [6.07, 6.45) is 1.54. The number of fused-ring (bicyclic) bond motifs is 1. The van der Waals surface area contributed by atoms with E-state index in [9.17, 15) is 19.8 Å². The van der Waals surface area contributed by atoms with Crippen molar-refractivity contribution in [1.29, 1.82) is 0 Å². The molecule has 34 heavy (non-hydrogen) atoms. The van der Waals surface area contributed by atoms with E-state index < -0.39 is 18.4 Å². The molecule has 13 nitrogen and oxygen atoms in total. The highest BCUT2D eigenvalue weighted by Gasteiger charge is 2.37. The number of carbonyl (C=O) groups excluding carboxylic acids is 2. The summed E-state index contributed by atoms with van der Waals surface area (Å²) in [5.74, 6) is 1.06. The van der Waals surface area contributed by atoms with Crippen molar-refractivity contribution in [3.8, 4) is 0 Å². The van der Waals surface area contributed by atoms with E-state index in [0.717, 1.165) is 12.8 Å². The summed E-state index contributed by atoms with van der Waals surface area (Å²) in [4.78, 5) is 38.6. The number of nitrogens with zero attached hydrogens (tertiary/aromatic N) is 5. The summed E-state index contributed by atoms with van der Waals surface area (Å²) in [7, 11) is 0. The van der Waals surface area contributed by atoms with Crippen LogP contribution in [0.1, 0.15) is 37.7 Å². The van der Waals surface area contributed by atoms with E-state index in [-0.39, 0.29) is 43.0 Å². The van der Waals surface area contributed by atoms with Crippen LogP contribution in [0.2, 0.25) is 0 Å². The Hall–Kier alpha value is -3.03. The first-order valence-electron chi connectivity index (χ1n) is 11.6. The van der Waals surface area contributed by atoms with Crippen LogP contribution in [-0.2, 0) is 20.7 Å². The molecule has 13 heteroatoms. The summed E-state index contributed by atoms with van der Waals surface area (Å²) >= 11 is 0. The highest BCUT2D eigenvalue weighted by molar-refractivity contribution is 5.81. The fraction of sp³-hybridized carbons (Fsp3) is 0.667. The molecule has 0 bridgehead atoms. The molecule has 3 aliphatic heterocycles. The molecular formula is C21H29N7O6. The number of nitrogens with one attached hydrogen (secondary N) is 1. The van der Waals surface area contributed by atoms with Crippen LogP contribution in [0.4, 0.5) is 10.6 Å². The van der Waals surface area contributed by atoms with Crippen molar-refractivity contribution in [2.75, 3.05) is 32.0 Å². The van der Waals surface area contributed by atoms with Crippen LogP contribution in [0.25, 0.3) is 11.2 Å². The highest BCUT2D eigenvalue weighted by Crippen LogP contribution is 2.29. The maximum Gasteiger partial charge on any atom is 0.409 e. The Balaban J connectivity index is 1.18. The molecule has 0 aromatic carbocycles. The van der Waals surface area contributed by atoms with E-state index in [4.69, 9.17) is 15.2 Å². The van der Waals surface area contributed by atoms with Gasteiger partial charge in [0.2, 0.25) is 5.91 Å². The standard InChI is InChI=1S/C21H29N7O6/c22-18-16-19(28(10-23-16)20-17(31)13(29)9-33-20)26-14(25-18)7-11-3-5-27(6-4-11)21(32)34-8-12-1-2-15(30)24-12/h10-13,17,20,29,31H,1-9H2,(H,24,30)(H2,22,25,26)/t12?,13?,17?,20-/m1/s1. The summed E-state index contributed by atoms with van der Waals surface area (Å²) < 4.78 is 12.4. The van der Waals surface area contributed by atoms with Crippen LogP contribution < -0.4 is 11.1 Å². The van der Waals surface area contributed by atoms with Crippen LogP contribution >= 0.6 is 0 Å². The van der Waals surface area contributed by atoms with Crippen molar-refractivity contribution < 1.29 is 29.3 Å². The number of nitrogen functional groups attached to an aromatic ring is 1. The number of imidazole rings is 1. The molecule has 5 heterocycles. The topological polar surface area (TPSA) is 178 Å². The van der Waals surface area contributed by atoms with E-state index in [1.807, 2.05) is 0 Å². The molecule has 0 spiro atoms. The average Bonchev–Trinajstić information content (AvgIpc) is 3.52. The van der Waals surface area contributed by atoms with Crippen LogP contribution in [0, 0.1) is 5.92 Å². The number of rotatable bonds is 5. The molecular weight excluding hydrogens is 446 g/mol. The lowest BCUT2D eigenvalue weighted by molar-refractivity contribution is -0.119. The minimum Gasteiger partial charge on any atom is -0.447 e. The second-order valence-corrected chi connectivity index (χ2v) is 9.15. The van der Waals surface area contributed by atoms with Crippen molar-refractivity contribution in [1.82, 2.24) is 29.7 Å². The first-order chi connectivity index (χ1) is 16.4. The number of aromatic nitrogens is 4. The van der Waals surface area contributed by atoms with Gasteiger partial charge in [0.1, 0.15) is 30.2 Å². The first-order valence-corrected chi connectivity index (χ1v) is 11.6. The maximum absolute atomic E-state index is 12.4. The van der Waals surface area contributed by atoms with E-state index in [1.165, 1.54) is 6.33 Å². The highest BCUT2D eigenvalue weighted by atomic mass is 16.6. The molecule has 3 unspecified atom stereocenters. The monoisotopic (exact) mass is 475 g/mol. The molecule has 2 amide bonds. The Labute approximate surface area is 195 Å². The smallest absolute Gasteiger partial charge is 0.409 e. The van der Waals surface area contributed by atoms with Gasteiger partial charge in [-0.1, -0.05) is 0 Å². The lowest BCUT2D eigenvalue weighted by Crippen LogP contribution is -2.41. The van der Waals surface area contributed by atoms with Crippen LogP contribution in [0.3, 0.4) is 0 Å². The SMILES string of the molecule is Nc1nc(CC2CCN(C(=O)OCC3CCC(=O)N3)CC2)nc2c1ncn2[C@@H]1OCC(O)C1O. The molecule has 0 aliphatic carbocycles. The number of anilines is 1. The number of ether oxygens (including phenoxy) is 2. The van der Waals surface area contributed by atoms with E-state index >= 15 is 0 Å². The largest absolute Gasteiger partial charge is 0.447 e. The van der Waals surface area contributed by atoms with Gasteiger partial charge in [0.15, 0.2) is 17.7 Å². The fourth-order valence-corrected chi connectivity index (χ4v) is 4.74. The van der Waals surface area contributed by atoms with Gasteiger partial charge in [-0.15, -0.1) is 0 Å². The number of aliphatic hydroxyl groups is 2. The third kappa shape index (κ3) is 4.50. The van der Waals surface area contributed by atoms with E-state index in [1.54, 1.807) is 9.47 Å². The van der Waals surface area contributed by atoms with Crippen molar-refractivity contribution in [2.24, 2.45) is 5.92 Å². The van der Waals surface area contributed by atoms with E-state index in [2.05, 4.69) is 20.3 Å². The first kappa shape index (κ1) is 22.7. The Bertz CT molecular complexity index is 1070. The quantitative estimate of drug-likeness (QED) is 0.433. The van der Waals surface area contributed by atoms with Gasteiger partial charge in [-0.2, -0.15) is 0 Å². The maximum atomic E-state index is 12.4. The Morgan fingerprint density at radius 1 is 1.26 bits per heavy atom. The number of amides is 2. The van der Waals surface area contributed by atoms with Crippen molar-refractivity contribution >= 4 is 29.0 Å². The summed E-state index contributed by atoms with van der Waals surface area (Å²) in [5.41, 5.74) is 6.98. The molecule has 5 N–H and O–H groups in total. The fourth-order valence-electron chi connectivity index (χ4n) is 4.74. The summed E-state index contributed by atoms with van der Waals surface area (Å²) in [6.45, 7) is 1.35. The molecule has 184 valence electrons. The lowest BCUT2D eigenvalue weighted by atomic mass is 9.93. The zero-order chi connectivity index (χ0) is 23.8. The van der Waals surface area contributed by atoms with Gasteiger partial charge >= 0.3 is 6.09 Å². The molecule has 4 atom stereocenters. The minimum absolute atomic E-state index is 0.00417. The van der Waals surface area contributed by atoms with Crippen molar-refractivity contribution in [2.45, 2.75) is 56.6 Å². The molecule has 5 rings (SSSR count). The van der Waals surface area contributed by atoms with Crippen LogP contribution in [0.5, 0.6) is 0 Å². The molecule has 3 fully saturated rings. The summed E-state index contributed by atoms with van der Waals surface area (Å²) in [5, 5.41) is 22.8. The second-order valence-electron chi connectivity index (χ2n) is 9.15. The Morgan fingerprint density at radius 2 is 2.06 bits per heavy atom. The third-order valence-corrected chi connectivity index (χ3v) is 6.73. The Morgan fingerprint density at radius 3 is 2.74 bits per heavy atom.